The number of aromatic amines is 1. The van der Waals surface area contributed by atoms with Crippen LogP contribution in [0.5, 0.6) is 0 Å². The van der Waals surface area contributed by atoms with Gasteiger partial charge < -0.3 is 14.8 Å². The van der Waals surface area contributed by atoms with Crippen LogP contribution >= 0.6 is 22.6 Å². The topological polar surface area (TPSA) is 113 Å². The van der Waals surface area contributed by atoms with Gasteiger partial charge in [0.05, 0.1) is 38.6 Å². The monoisotopic (exact) mass is 546 g/mol. The second-order valence-electron chi connectivity index (χ2n) is 7.15. The van der Waals surface area contributed by atoms with Gasteiger partial charge in [-0.05, 0) is 34.7 Å². The van der Waals surface area contributed by atoms with Gasteiger partial charge in [0.15, 0.2) is 11.6 Å². The van der Waals surface area contributed by atoms with Crippen LogP contribution in [-0.4, -0.2) is 72.7 Å². The molecule has 32 heavy (non-hydrogen) atoms. The van der Waals surface area contributed by atoms with E-state index in [4.69, 9.17) is 0 Å². The van der Waals surface area contributed by atoms with Gasteiger partial charge in [-0.25, -0.2) is 19.0 Å². The van der Waals surface area contributed by atoms with Crippen molar-refractivity contribution in [3.05, 3.63) is 58.1 Å². The number of fused-ring (bicyclic) bond motifs is 1. The van der Waals surface area contributed by atoms with Gasteiger partial charge in [0.1, 0.15) is 5.82 Å². The number of carbonyl (C=O) groups is 2. The lowest BCUT2D eigenvalue weighted by atomic mass is 10.1. The number of carbonyl (C=O) groups excluding carboxylic acids is 2. The molecule has 0 bridgehead atoms. The average Bonchev–Trinajstić information content (AvgIpc) is 3.50. The summed E-state index contributed by atoms with van der Waals surface area (Å²) in [6.45, 7) is 1.84. The number of pyridine rings is 2. The van der Waals surface area contributed by atoms with Crippen LogP contribution in [0.4, 0.5) is 10.2 Å². The minimum Gasteiger partial charge on any atom is -0.357 e. The summed E-state index contributed by atoms with van der Waals surface area (Å²) < 4.78 is 17.0. The first-order valence-electron chi connectivity index (χ1n) is 9.76. The molecule has 5 heterocycles. The summed E-state index contributed by atoms with van der Waals surface area (Å²) in [5, 5.41) is 7.58. The van der Waals surface area contributed by atoms with Gasteiger partial charge >= 0.3 is 0 Å². The number of ketones is 1. The first kappa shape index (κ1) is 20.5. The number of anilines is 1. The van der Waals surface area contributed by atoms with Crippen LogP contribution in [0, 0.1) is 9.39 Å². The molecule has 5 rings (SSSR count). The highest BCUT2D eigenvalue weighted by Crippen LogP contribution is 2.26. The molecular weight excluding hydrogens is 530 g/mol. The third kappa shape index (κ3) is 3.49. The number of hydrogen-bond donors (Lipinski definition) is 1. The molecule has 4 aromatic rings. The van der Waals surface area contributed by atoms with Crippen LogP contribution in [-0.2, 0) is 4.79 Å². The number of Topliss-reactive ketones (excluding diaryl/α,β-unsaturated/α-hetero) is 1. The summed E-state index contributed by atoms with van der Waals surface area (Å²) in [7, 11) is 0. The van der Waals surface area contributed by atoms with Gasteiger partial charge in [0.2, 0.25) is 0 Å². The predicted molar refractivity (Wildman–Crippen MR) is 121 cm³/mol. The standard InChI is InChI=1S/C20H16FIN8O2/c21-13-11-25-19(30-5-4-26-27-30)16-15(13)12(10-24-16)17(31)20(32)29-8-6-28(7-9-29)18-14(22)2-1-3-23-18/h1-5,10-11,24H,6-9H2. The number of rotatable bonds is 4. The molecule has 1 N–H and O–H groups in total. The average molecular weight is 546 g/mol. The van der Waals surface area contributed by atoms with Crippen molar-refractivity contribution in [3.63, 3.8) is 0 Å². The van der Waals surface area contributed by atoms with E-state index in [9.17, 15) is 14.0 Å². The number of H-pyrrole nitrogens is 1. The molecule has 1 aliphatic heterocycles. The lowest BCUT2D eigenvalue weighted by molar-refractivity contribution is -0.126. The molecular formula is C20H16FIN8O2. The zero-order valence-electron chi connectivity index (χ0n) is 16.6. The second-order valence-corrected chi connectivity index (χ2v) is 8.31. The van der Waals surface area contributed by atoms with Crippen LogP contribution in [0.1, 0.15) is 10.4 Å². The molecule has 1 saturated heterocycles. The Bertz CT molecular complexity index is 1310. The summed E-state index contributed by atoms with van der Waals surface area (Å²) in [5.74, 6) is -0.996. The molecule has 0 aromatic carbocycles. The molecule has 0 radical (unpaired) electrons. The minimum absolute atomic E-state index is 0.00512. The molecule has 1 fully saturated rings. The van der Waals surface area contributed by atoms with Crippen LogP contribution in [0.2, 0.25) is 0 Å². The van der Waals surface area contributed by atoms with Gasteiger partial charge in [0, 0.05) is 38.6 Å². The summed E-state index contributed by atoms with van der Waals surface area (Å²) in [6.07, 6.45) is 7.08. The van der Waals surface area contributed by atoms with E-state index < -0.39 is 17.5 Å². The Balaban J connectivity index is 1.38. The fraction of sp³-hybridized carbons (Fsp3) is 0.200. The highest BCUT2D eigenvalue weighted by Gasteiger charge is 2.30. The summed E-state index contributed by atoms with van der Waals surface area (Å²) in [4.78, 5) is 40.8. The van der Waals surface area contributed by atoms with Gasteiger partial charge in [0.25, 0.3) is 11.7 Å². The molecule has 0 saturated carbocycles. The molecule has 1 aliphatic rings. The zero-order valence-corrected chi connectivity index (χ0v) is 18.7. The smallest absolute Gasteiger partial charge is 0.295 e. The van der Waals surface area contributed by atoms with Crippen LogP contribution in [0.25, 0.3) is 16.7 Å². The maximum atomic E-state index is 14.6. The van der Waals surface area contributed by atoms with E-state index in [1.54, 1.807) is 12.4 Å². The van der Waals surface area contributed by atoms with E-state index in [0.717, 1.165) is 15.6 Å². The SMILES string of the molecule is O=C(C(=O)N1CCN(c2ncccc2I)CC1)c1c[nH]c2c(-n3ccnn3)ncc(F)c12. The van der Waals surface area contributed by atoms with Crippen molar-refractivity contribution >= 4 is 51.0 Å². The minimum atomic E-state index is -0.772. The number of nitrogens with zero attached hydrogens (tertiary/aromatic N) is 7. The fourth-order valence-corrected chi connectivity index (χ4v) is 4.45. The highest BCUT2D eigenvalue weighted by atomic mass is 127. The Morgan fingerprint density at radius 1 is 1.09 bits per heavy atom. The molecule has 0 spiro atoms. The van der Waals surface area contributed by atoms with Crippen molar-refractivity contribution in [2.24, 2.45) is 0 Å². The van der Waals surface area contributed by atoms with Crippen LogP contribution in [0.15, 0.2) is 43.1 Å². The molecule has 162 valence electrons. The quantitative estimate of drug-likeness (QED) is 0.236. The van der Waals surface area contributed by atoms with Gasteiger partial charge in [-0.15, -0.1) is 5.10 Å². The zero-order chi connectivity index (χ0) is 22.2. The maximum absolute atomic E-state index is 14.6. The molecule has 0 atom stereocenters. The maximum Gasteiger partial charge on any atom is 0.295 e. The van der Waals surface area contributed by atoms with Crippen molar-refractivity contribution in [1.29, 1.82) is 0 Å². The fourth-order valence-electron chi connectivity index (χ4n) is 3.76. The molecule has 0 aliphatic carbocycles. The lowest BCUT2D eigenvalue weighted by Crippen LogP contribution is -2.51. The third-order valence-electron chi connectivity index (χ3n) is 5.33. The van der Waals surface area contributed by atoms with Gasteiger partial charge in [-0.3, -0.25) is 9.59 Å². The Kier molecular flexibility index (Phi) is 5.28. The van der Waals surface area contributed by atoms with E-state index in [1.807, 2.05) is 12.1 Å². The van der Waals surface area contributed by atoms with E-state index in [0.29, 0.717) is 26.2 Å². The lowest BCUT2D eigenvalue weighted by Gasteiger charge is -2.35. The molecule has 12 heteroatoms. The Hall–Kier alpha value is -3.42. The summed E-state index contributed by atoms with van der Waals surface area (Å²) in [5.41, 5.74) is 0.231. The first-order chi connectivity index (χ1) is 15.5. The van der Waals surface area contributed by atoms with E-state index in [2.05, 4.69) is 52.8 Å². The molecule has 4 aromatic heterocycles. The third-order valence-corrected chi connectivity index (χ3v) is 6.17. The Morgan fingerprint density at radius 2 is 1.91 bits per heavy atom. The van der Waals surface area contributed by atoms with E-state index in [1.165, 1.54) is 22.0 Å². The number of halogens is 2. The summed E-state index contributed by atoms with van der Waals surface area (Å²) in [6, 6.07) is 3.84. The van der Waals surface area contributed by atoms with Crippen molar-refractivity contribution in [2.45, 2.75) is 0 Å². The predicted octanol–water partition coefficient (Wildman–Crippen LogP) is 1.81. The second kappa shape index (κ2) is 8.26. The van der Waals surface area contributed by atoms with Crippen molar-refractivity contribution < 1.29 is 14.0 Å². The normalized spacial score (nSPS) is 14.2. The number of amides is 1. The number of nitrogens with one attached hydrogen (secondary N) is 1. The highest BCUT2D eigenvalue weighted by molar-refractivity contribution is 14.1. The van der Waals surface area contributed by atoms with Crippen molar-refractivity contribution in [1.82, 2.24) is 34.8 Å². The van der Waals surface area contributed by atoms with Gasteiger partial charge in [-0.1, -0.05) is 5.21 Å². The number of aromatic nitrogens is 6. The largest absolute Gasteiger partial charge is 0.357 e. The van der Waals surface area contributed by atoms with E-state index in [-0.39, 0.29) is 22.3 Å². The van der Waals surface area contributed by atoms with Crippen molar-refractivity contribution in [3.8, 4) is 5.82 Å². The van der Waals surface area contributed by atoms with Crippen LogP contribution < -0.4 is 4.90 Å². The number of hydrogen-bond acceptors (Lipinski definition) is 7. The molecule has 10 nitrogen and oxygen atoms in total. The summed E-state index contributed by atoms with van der Waals surface area (Å²) >= 11 is 2.22. The van der Waals surface area contributed by atoms with Crippen LogP contribution in [0.3, 0.4) is 0 Å². The molecule has 0 unspecified atom stereocenters. The number of piperazine rings is 1. The van der Waals surface area contributed by atoms with Gasteiger partial charge in [-0.2, -0.15) is 0 Å². The Morgan fingerprint density at radius 3 is 2.62 bits per heavy atom. The Labute approximate surface area is 194 Å². The van der Waals surface area contributed by atoms with Crippen molar-refractivity contribution in [2.75, 3.05) is 31.1 Å². The molecule has 1 amide bonds. The van der Waals surface area contributed by atoms with E-state index >= 15 is 0 Å². The first-order valence-corrected chi connectivity index (χ1v) is 10.8.